The minimum Gasteiger partial charge on any atom is -0.463 e. The second-order valence-electron chi connectivity index (χ2n) is 15.3. The Labute approximate surface area is 328 Å². The first-order valence-corrected chi connectivity index (χ1v) is 22.7. The number of carbonyl (C=O) groups excluding carboxylic acids is 2. The fraction of sp³-hybridized carbons (Fsp3) is 0.956. The van der Waals surface area contributed by atoms with Crippen molar-refractivity contribution >= 4 is 11.9 Å². The second-order valence-corrected chi connectivity index (χ2v) is 15.3. The monoisotopic (exact) mass is 756 g/mol. The zero-order chi connectivity index (χ0) is 38.7. The summed E-state index contributed by atoms with van der Waals surface area (Å²) in [6.07, 6.45) is 37.2. The van der Waals surface area contributed by atoms with Gasteiger partial charge in [-0.25, -0.2) is 0 Å². The number of esters is 1. The Morgan fingerprint density at radius 2 is 0.906 bits per heavy atom. The molecule has 0 bridgehead atoms. The minimum absolute atomic E-state index is 0.0839. The van der Waals surface area contributed by atoms with Crippen LogP contribution >= 0.6 is 0 Å². The lowest BCUT2D eigenvalue weighted by Gasteiger charge is -2.21. The van der Waals surface area contributed by atoms with Gasteiger partial charge in [0, 0.05) is 40.3 Å². The molecule has 0 aromatic heterocycles. The molecule has 0 aliphatic carbocycles. The van der Waals surface area contributed by atoms with Crippen LogP contribution in [0.1, 0.15) is 207 Å². The van der Waals surface area contributed by atoms with Gasteiger partial charge in [-0.1, -0.05) is 181 Å². The molecule has 8 heteroatoms. The summed E-state index contributed by atoms with van der Waals surface area (Å²) in [5, 5.41) is 0. The van der Waals surface area contributed by atoms with Crippen LogP contribution in [0.4, 0.5) is 0 Å². The molecule has 0 N–H and O–H groups in total. The van der Waals surface area contributed by atoms with Gasteiger partial charge >= 0.3 is 5.97 Å². The van der Waals surface area contributed by atoms with E-state index in [-0.39, 0.29) is 31.0 Å². The Bertz CT molecular complexity index is 752. The lowest BCUT2D eigenvalue weighted by Crippen LogP contribution is -2.35. The van der Waals surface area contributed by atoms with E-state index in [0.29, 0.717) is 52.7 Å². The van der Waals surface area contributed by atoms with E-state index in [0.717, 1.165) is 12.8 Å². The van der Waals surface area contributed by atoms with Crippen LogP contribution < -0.4 is 0 Å². The molecule has 53 heavy (non-hydrogen) atoms. The molecule has 0 aromatic rings. The van der Waals surface area contributed by atoms with Gasteiger partial charge in [-0.05, 0) is 12.8 Å². The number of hydrogen-bond acceptors (Lipinski definition) is 7. The first kappa shape index (κ1) is 51.8. The van der Waals surface area contributed by atoms with Crippen molar-refractivity contribution < 1.29 is 33.3 Å². The topological polar surface area (TPSA) is 83.5 Å². The first-order chi connectivity index (χ1) is 26.0. The average molecular weight is 756 g/mol. The van der Waals surface area contributed by atoms with Crippen molar-refractivity contribution in [1.29, 1.82) is 0 Å². The van der Waals surface area contributed by atoms with Crippen LogP contribution in [-0.4, -0.2) is 89.3 Å². The van der Waals surface area contributed by atoms with Gasteiger partial charge in [0.25, 0.3) is 0 Å². The molecule has 1 atom stereocenters. The largest absolute Gasteiger partial charge is 0.463 e. The SMILES string of the molecule is CCCCCCCCCCCCCCCCOCC(COC(=O)CCN(CCOCCOC)C(C)=O)OCCCCCCCCCCCCCCCC. The van der Waals surface area contributed by atoms with Crippen LogP contribution in [0.2, 0.25) is 0 Å². The Hall–Kier alpha value is -1.22. The van der Waals surface area contributed by atoms with Gasteiger partial charge in [0.2, 0.25) is 5.91 Å². The summed E-state index contributed by atoms with van der Waals surface area (Å²) in [5.41, 5.74) is 0. The summed E-state index contributed by atoms with van der Waals surface area (Å²) in [6, 6.07) is 0. The van der Waals surface area contributed by atoms with Gasteiger partial charge < -0.3 is 28.6 Å². The van der Waals surface area contributed by atoms with Crippen molar-refractivity contribution in [1.82, 2.24) is 4.90 Å². The number of methoxy groups -OCH3 is 1. The minimum atomic E-state index is -0.325. The van der Waals surface area contributed by atoms with E-state index in [1.165, 1.54) is 174 Å². The van der Waals surface area contributed by atoms with Gasteiger partial charge in [-0.2, -0.15) is 0 Å². The normalized spacial score (nSPS) is 12.0. The molecular weight excluding hydrogens is 666 g/mol. The van der Waals surface area contributed by atoms with Gasteiger partial charge in [-0.15, -0.1) is 0 Å². The Morgan fingerprint density at radius 1 is 0.472 bits per heavy atom. The Balaban J connectivity index is 4.27. The van der Waals surface area contributed by atoms with Gasteiger partial charge in [0.15, 0.2) is 0 Å². The van der Waals surface area contributed by atoms with E-state index in [1.54, 1.807) is 12.0 Å². The number of hydrogen-bond donors (Lipinski definition) is 0. The van der Waals surface area contributed by atoms with Crippen LogP contribution in [0.5, 0.6) is 0 Å². The lowest BCUT2D eigenvalue weighted by atomic mass is 10.0. The molecule has 0 rings (SSSR count). The van der Waals surface area contributed by atoms with Crippen LogP contribution in [0.25, 0.3) is 0 Å². The molecule has 0 spiro atoms. The maximum atomic E-state index is 12.6. The standard InChI is InChI=1S/C45H89NO7/c1-5-7-9-11-13-15-17-19-21-23-25-27-29-31-36-51-41-44(42-53-45(48)33-34-46(43(3)47)35-38-50-40-39-49-4)52-37-32-30-28-26-24-22-20-18-16-14-12-10-8-6-2/h44H,5-42H2,1-4H3. The quantitative estimate of drug-likeness (QED) is 0.0452. The van der Waals surface area contributed by atoms with E-state index >= 15 is 0 Å². The molecule has 0 saturated heterocycles. The van der Waals surface area contributed by atoms with E-state index in [1.807, 2.05) is 0 Å². The summed E-state index contributed by atoms with van der Waals surface area (Å²) < 4.78 is 28.3. The summed E-state index contributed by atoms with van der Waals surface area (Å²) in [7, 11) is 1.63. The Kier molecular flexibility index (Phi) is 42.5. The summed E-state index contributed by atoms with van der Waals surface area (Å²) >= 11 is 0. The number of rotatable bonds is 44. The molecule has 0 saturated carbocycles. The summed E-state index contributed by atoms with van der Waals surface area (Å²) in [6.45, 7) is 10.2. The van der Waals surface area contributed by atoms with Crippen molar-refractivity contribution in [3.8, 4) is 0 Å². The molecule has 1 amide bonds. The fourth-order valence-electron chi connectivity index (χ4n) is 6.63. The van der Waals surface area contributed by atoms with Crippen LogP contribution in [-0.2, 0) is 33.3 Å². The molecule has 316 valence electrons. The fourth-order valence-corrected chi connectivity index (χ4v) is 6.63. The zero-order valence-corrected chi connectivity index (χ0v) is 35.8. The average Bonchev–Trinajstić information content (AvgIpc) is 3.15. The van der Waals surface area contributed by atoms with Gasteiger partial charge in [0.1, 0.15) is 12.7 Å². The highest BCUT2D eigenvalue weighted by atomic mass is 16.6. The second kappa shape index (κ2) is 43.5. The maximum Gasteiger partial charge on any atom is 0.307 e. The third kappa shape index (κ3) is 40.3. The molecule has 0 aliphatic rings. The maximum absolute atomic E-state index is 12.6. The number of carbonyl (C=O) groups is 2. The summed E-state index contributed by atoms with van der Waals surface area (Å²) in [4.78, 5) is 26.3. The van der Waals surface area contributed by atoms with E-state index in [4.69, 9.17) is 23.7 Å². The van der Waals surface area contributed by atoms with Crippen molar-refractivity contribution in [2.24, 2.45) is 0 Å². The molecule has 0 fully saturated rings. The van der Waals surface area contributed by atoms with E-state index in [9.17, 15) is 9.59 Å². The molecule has 1 unspecified atom stereocenters. The number of ether oxygens (including phenoxy) is 5. The number of amides is 1. The highest BCUT2D eigenvalue weighted by Crippen LogP contribution is 2.15. The van der Waals surface area contributed by atoms with Crippen molar-refractivity contribution in [2.45, 2.75) is 213 Å². The van der Waals surface area contributed by atoms with Crippen molar-refractivity contribution in [3.63, 3.8) is 0 Å². The molecule has 8 nitrogen and oxygen atoms in total. The van der Waals surface area contributed by atoms with Crippen molar-refractivity contribution in [3.05, 3.63) is 0 Å². The predicted octanol–water partition coefficient (Wildman–Crippen LogP) is 11.8. The van der Waals surface area contributed by atoms with E-state index in [2.05, 4.69) is 13.8 Å². The van der Waals surface area contributed by atoms with Crippen molar-refractivity contribution in [2.75, 3.05) is 66.4 Å². The van der Waals surface area contributed by atoms with Gasteiger partial charge in [-0.3, -0.25) is 9.59 Å². The predicted molar refractivity (Wildman–Crippen MR) is 222 cm³/mol. The molecule has 0 radical (unpaired) electrons. The molecule has 0 aromatic carbocycles. The van der Waals surface area contributed by atoms with Crippen LogP contribution in [0.3, 0.4) is 0 Å². The third-order valence-corrected chi connectivity index (χ3v) is 10.2. The zero-order valence-electron chi connectivity index (χ0n) is 35.8. The molecular formula is C45H89NO7. The van der Waals surface area contributed by atoms with Crippen LogP contribution in [0.15, 0.2) is 0 Å². The highest BCUT2D eigenvalue weighted by molar-refractivity contribution is 5.75. The van der Waals surface area contributed by atoms with E-state index < -0.39 is 0 Å². The number of nitrogens with zero attached hydrogens (tertiary/aromatic N) is 1. The smallest absolute Gasteiger partial charge is 0.307 e. The van der Waals surface area contributed by atoms with Gasteiger partial charge in [0.05, 0.1) is 32.8 Å². The number of unbranched alkanes of at least 4 members (excludes halogenated alkanes) is 26. The lowest BCUT2D eigenvalue weighted by molar-refractivity contribution is -0.150. The summed E-state index contributed by atoms with van der Waals surface area (Å²) in [5.74, 6) is -0.409. The third-order valence-electron chi connectivity index (χ3n) is 10.2. The first-order valence-electron chi connectivity index (χ1n) is 22.7. The molecule has 0 heterocycles. The highest BCUT2D eigenvalue weighted by Gasteiger charge is 2.16. The Morgan fingerprint density at radius 3 is 1.34 bits per heavy atom. The molecule has 0 aliphatic heterocycles. The van der Waals surface area contributed by atoms with Crippen LogP contribution in [0, 0.1) is 0 Å².